The highest BCUT2D eigenvalue weighted by Crippen LogP contribution is 2.34. The zero-order valence-corrected chi connectivity index (χ0v) is 12.2. The van der Waals surface area contributed by atoms with Gasteiger partial charge in [-0.05, 0) is 49.9 Å². The Morgan fingerprint density at radius 2 is 2.10 bits per heavy atom. The summed E-state index contributed by atoms with van der Waals surface area (Å²) in [6.45, 7) is 2.23. The van der Waals surface area contributed by atoms with Gasteiger partial charge in [0, 0.05) is 19.3 Å². The highest BCUT2D eigenvalue weighted by atomic mass is 16.5. The van der Waals surface area contributed by atoms with Crippen LogP contribution in [0.3, 0.4) is 0 Å². The molecule has 114 valence electrons. The van der Waals surface area contributed by atoms with Gasteiger partial charge in [0.15, 0.2) is 0 Å². The fourth-order valence-electron chi connectivity index (χ4n) is 2.37. The van der Waals surface area contributed by atoms with Gasteiger partial charge in [0.1, 0.15) is 0 Å². The number of carbonyl (C=O) groups is 2. The highest BCUT2D eigenvalue weighted by molar-refractivity contribution is 5.92. The molecule has 2 amide bonds. The van der Waals surface area contributed by atoms with Crippen molar-refractivity contribution in [2.75, 3.05) is 19.0 Å². The Morgan fingerprint density at radius 3 is 2.57 bits per heavy atom. The summed E-state index contributed by atoms with van der Waals surface area (Å²) in [5, 5.41) is 14.4. The van der Waals surface area contributed by atoms with Crippen molar-refractivity contribution in [1.29, 1.82) is 0 Å². The molecular formula is C15H20N2O4. The minimum Gasteiger partial charge on any atom is -0.478 e. The van der Waals surface area contributed by atoms with Gasteiger partial charge in [0.2, 0.25) is 0 Å². The maximum atomic E-state index is 11.9. The summed E-state index contributed by atoms with van der Waals surface area (Å²) in [6, 6.07) is 4.27. The first kappa shape index (κ1) is 15.3. The van der Waals surface area contributed by atoms with Crippen LogP contribution >= 0.6 is 0 Å². The van der Waals surface area contributed by atoms with Gasteiger partial charge in [-0.15, -0.1) is 0 Å². The van der Waals surface area contributed by atoms with E-state index in [-0.39, 0.29) is 17.2 Å². The molecule has 0 saturated heterocycles. The molecule has 1 aromatic rings. The number of benzene rings is 1. The molecule has 0 radical (unpaired) electrons. The lowest BCUT2D eigenvalue weighted by molar-refractivity contribution is -0.0671. The second kappa shape index (κ2) is 6.13. The first-order chi connectivity index (χ1) is 9.96. The first-order valence-electron chi connectivity index (χ1n) is 6.90. The third kappa shape index (κ3) is 3.52. The Morgan fingerprint density at radius 1 is 1.38 bits per heavy atom. The third-order valence-electron chi connectivity index (χ3n) is 3.99. The van der Waals surface area contributed by atoms with Crippen molar-refractivity contribution in [2.45, 2.75) is 31.8 Å². The van der Waals surface area contributed by atoms with Crippen molar-refractivity contribution in [3.8, 4) is 0 Å². The predicted octanol–water partition coefficient (Wildman–Crippen LogP) is 2.38. The number of aryl methyl sites for hydroxylation is 1. The summed E-state index contributed by atoms with van der Waals surface area (Å²) in [6.07, 6.45) is 3.03. The number of urea groups is 1. The van der Waals surface area contributed by atoms with Gasteiger partial charge in [-0.25, -0.2) is 9.59 Å². The lowest BCUT2D eigenvalue weighted by Gasteiger charge is -2.40. The summed E-state index contributed by atoms with van der Waals surface area (Å²) < 4.78 is 5.43. The van der Waals surface area contributed by atoms with E-state index in [1.165, 1.54) is 12.1 Å². The molecule has 0 aromatic heterocycles. The Bertz CT molecular complexity index is 547. The molecule has 1 aliphatic carbocycles. The zero-order valence-electron chi connectivity index (χ0n) is 12.2. The molecule has 6 heteroatoms. The molecule has 6 nitrogen and oxygen atoms in total. The summed E-state index contributed by atoms with van der Waals surface area (Å²) in [5.41, 5.74) is 1.28. The molecule has 3 N–H and O–H groups in total. The number of carbonyl (C=O) groups excluding carboxylic acids is 1. The minimum absolute atomic E-state index is 0.200. The molecular weight excluding hydrogens is 272 g/mol. The standard InChI is InChI=1S/C15H20N2O4/c1-10-8-11(13(18)19)4-5-12(10)17-14(20)16-9-15(21-2)6-3-7-15/h4-5,8H,3,6-7,9H2,1-2H3,(H,18,19)(H2,16,17,20). The number of rotatable bonds is 5. The van der Waals surface area contributed by atoms with Crippen molar-refractivity contribution >= 4 is 17.7 Å². The zero-order chi connectivity index (χ0) is 15.5. The summed E-state index contributed by atoms with van der Waals surface area (Å²) >= 11 is 0. The van der Waals surface area contributed by atoms with Gasteiger partial charge >= 0.3 is 12.0 Å². The average molecular weight is 292 g/mol. The Kier molecular flexibility index (Phi) is 4.47. The van der Waals surface area contributed by atoms with Crippen LogP contribution in [0.25, 0.3) is 0 Å². The molecule has 1 aliphatic rings. The van der Waals surface area contributed by atoms with Crippen molar-refractivity contribution in [2.24, 2.45) is 0 Å². The van der Waals surface area contributed by atoms with E-state index in [9.17, 15) is 9.59 Å². The van der Waals surface area contributed by atoms with E-state index in [1.54, 1.807) is 20.1 Å². The quantitative estimate of drug-likeness (QED) is 0.777. The summed E-state index contributed by atoms with van der Waals surface area (Å²) in [5.74, 6) is -0.985. The maximum absolute atomic E-state index is 11.9. The molecule has 1 saturated carbocycles. The number of methoxy groups -OCH3 is 1. The molecule has 0 aliphatic heterocycles. The van der Waals surface area contributed by atoms with Crippen molar-refractivity contribution in [3.63, 3.8) is 0 Å². The van der Waals surface area contributed by atoms with Crippen LogP contribution in [0.2, 0.25) is 0 Å². The van der Waals surface area contributed by atoms with E-state index in [2.05, 4.69) is 10.6 Å². The van der Waals surface area contributed by atoms with Crippen LogP contribution in [-0.4, -0.2) is 36.4 Å². The minimum atomic E-state index is -0.985. The number of nitrogens with one attached hydrogen (secondary N) is 2. The molecule has 1 aromatic carbocycles. The lowest BCUT2D eigenvalue weighted by Crippen LogP contribution is -2.50. The van der Waals surface area contributed by atoms with Crippen LogP contribution in [0.5, 0.6) is 0 Å². The molecule has 2 rings (SSSR count). The van der Waals surface area contributed by atoms with Gasteiger partial charge in [-0.1, -0.05) is 0 Å². The molecule has 0 atom stereocenters. The Labute approximate surface area is 123 Å². The number of carboxylic acid groups (broad SMARTS) is 1. The van der Waals surface area contributed by atoms with E-state index < -0.39 is 5.97 Å². The number of anilines is 1. The second-order valence-corrected chi connectivity index (χ2v) is 5.38. The maximum Gasteiger partial charge on any atom is 0.335 e. The third-order valence-corrected chi connectivity index (χ3v) is 3.99. The van der Waals surface area contributed by atoms with Gasteiger partial charge < -0.3 is 20.5 Å². The SMILES string of the molecule is COC1(CNC(=O)Nc2ccc(C(=O)O)cc2C)CCC1. The molecule has 21 heavy (non-hydrogen) atoms. The summed E-state index contributed by atoms with van der Waals surface area (Å²) in [4.78, 5) is 22.8. The number of carboxylic acids is 1. The normalized spacial score (nSPS) is 15.9. The number of hydrogen-bond donors (Lipinski definition) is 3. The van der Waals surface area contributed by atoms with Crippen LogP contribution in [0.1, 0.15) is 35.2 Å². The topological polar surface area (TPSA) is 87.7 Å². The molecule has 0 spiro atoms. The Balaban J connectivity index is 1.92. The Hall–Kier alpha value is -2.08. The molecule has 1 fully saturated rings. The van der Waals surface area contributed by atoms with Crippen LogP contribution in [0.15, 0.2) is 18.2 Å². The number of amides is 2. The van der Waals surface area contributed by atoms with Crippen LogP contribution in [-0.2, 0) is 4.74 Å². The fraction of sp³-hybridized carbons (Fsp3) is 0.467. The molecule has 0 bridgehead atoms. The van der Waals surface area contributed by atoms with E-state index in [4.69, 9.17) is 9.84 Å². The van der Waals surface area contributed by atoms with Crippen molar-refractivity contribution in [1.82, 2.24) is 5.32 Å². The van der Waals surface area contributed by atoms with E-state index >= 15 is 0 Å². The van der Waals surface area contributed by atoms with Crippen LogP contribution in [0.4, 0.5) is 10.5 Å². The predicted molar refractivity (Wildman–Crippen MR) is 78.8 cm³/mol. The number of hydrogen-bond acceptors (Lipinski definition) is 3. The van der Waals surface area contributed by atoms with E-state index in [0.29, 0.717) is 17.8 Å². The molecule has 0 unspecified atom stereocenters. The van der Waals surface area contributed by atoms with Gasteiger partial charge in [0.25, 0.3) is 0 Å². The largest absolute Gasteiger partial charge is 0.478 e. The monoisotopic (exact) mass is 292 g/mol. The number of ether oxygens (including phenoxy) is 1. The number of aromatic carboxylic acids is 1. The smallest absolute Gasteiger partial charge is 0.335 e. The lowest BCUT2D eigenvalue weighted by atomic mass is 9.80. The highest BCUT2D eigenvalue weighted by Gasteiger charge is 2.37. The van der Waals surface area contributed by atoms with E-state index in [0.717, 1.165) is 19.3 Å². The molecule has 0 heterocycles. The van der Waals surface area contributed by atoms with Crippen LogP contribution < -0.4 is 10.6 Å². The average Bonchev–Trinajstić information content (AvgIpc) is 2.40. The first-order valence-corrected chi connectivity index (χ1v) is 6.90. The van der Waals surface area contributed by atoms with Crippen LogP contribution in [0, 0.1) is 6.92 Å². The van der Waals surface area contributed by atoms with E-state index in [1.807, 2.05) is 0 Å². The van der Waals surface area contributed by atoms with Gasteiger partial charge in [0.05, 0.1) is 11.2 Å². The van der Waals surface area contributed by atoms with Crippen molar-refractivity contribution in [3.05, 3.63) is 29.3 Å². The summed E-state index contributed by atoms with van der Waals surface area (Å²) in [7, 11) is 1.66. The van der Waals surface area contributed by atoms with Crippen molar-refractivity contribution < 1.29 is 19.4 Å². The second-order valence-electron chi connectivity index (χ2n) is 5.38. The fourth-order valence-corrected chi connectivity index (χ4v) is 2.37. The van der Waals surface area contributed by atoms with Gasteiger partial charge in [-0.2, -0.15) is 0 Å². The van der Waals surface area contributed by atoms with Gasteiger partial charge in [-0.3, -0.25) is 0 Å².